The molecule has 0 saturated carbocycles. The molecule has 0 spiro atoms. The lowest BCUT2D eigenvalue weighted by atomic mass is 10.0. The van der Waals surface area contributed by atoms with E-state index in [0.717, 1.165) is 0 Å². The average Bonchev–Trinajstić information content (AvgIpc) is 1.78. The molecule has 1 fully saturated rings. The smallest absolute Gasteiger partial charge is 0.138 e. The average molecular weight is 146 g/mol. The summed E-state index contributed by atoms with van der Waals surface area (Å²) in [4.78, 5) is 0. The number of ether oxygens (including phenoxy) is 2. The molecule has 1 heterocycles. The van der Waals surface area contributed by atoms with Crippen molar-refractivity contribution in [2.45, 2.75) is 25.6 Å². The van der Waals surface area contributed by atoms with E-state index in [2.05, 4.69) is 0 Å². The van der Waals surface area contributed by atoms with Crippen LogP contribution in [-0.4, -0.2) is 36.6 Å². The van der Waals surface area contributed by atoms with Gasteiger partial charge in [-0.2, -0.15) is 0 Å². The van der Waals surface area contributed by atoms with Gasteiger partial charge in [0.15, 0.2) is 0 Å². The zero-order valence-corrected chi connectivity index (χ0v) is 6.46. The molecular weight excluding hydrogens is 132 g/mol. The molecule has 1 aliphatic heterocycles. The van der Waals surface area contributed by atoms with E-state index < -0.39 is 0 Å². The van der Waals surface area contributed by atoms with Gasteiger partial charge in [0.25, 0.3) is 0 Å². The van der Waals surface area contributed by atoms with Crippen LogP contribution < -0.4 is 0 Å². The molecule has 0 radical (unpaired) electrons. The van der Waals surface area contributed by atoms with Crippen molar-refractivity contribution in [1.82, 2.24) is 0 Å². The third kappa shape index (κ3) is 1.48. The maximum Gasteiger partial charge on any atom is 0.138 e. The molecule has 1 N–H and O–H groups in total. The largest absolute Gasteiger partial charge is 0.393 e. The van der Waals surface area contributed by atoms with Crippen molar-refractivity contribution in [1.29, 1.82) is 0 Å². The normalized spacial score (nSPS) is 22.8. The fourth-order valence-electron chi connectivity index (χ4n) is 1.03. The van der Waals surface area contributed by atoms with Crippen molar-refractivity contribution in [3.63, 3.8) is 0 Å². The number of aliphatic hydroxyl groups is 1. The van der Waals surface area contributed by atoms with Gasteiger partial charge >= 0.3 is 0 Å². The van der Waals surface area contributed by atoms with E-state index in [9.17, 15) is 0 Å². The number of hydrogen-bond acceptors (Lipinski definition) is 3. The van der Waals surface area contributed by atoms with Gasteiger partial charge in [-0.05, 0) is 13.8 Å². The first kappa shape index (κ1) is 7.98. The van der Waals surface area contributed by atoms with E-state index >= 15 is 0 Å². The zero-order chi connectivity index (χ0) is 7.61. The minimum atomic E-state index is -0.381. The standard InChI is InChI=1S/C7H14O3/c1-6(2)10-7(3-8)4-9-5-7/h6,8H,3-5H2,1-2H3. The Bertz CT molecular complexity index is 102. The van der Waals surface area contributed by atoms with Gasteiger partial charge in [0.1, 0.15) is 5.60 Å². The fourth-order valence-corrected chi connectivity index (χ4v) is 1.03. The monoisotopic (exact) mass is 146 g/mol. The lowest BCUT2D eigenvalue weighted by Crippen LogP contribution is -2.55. The molecular formula is C7H14O3. The summed E-state index contributed by atoms with van der Waals surface area (Å²) < 4.78 is 10.4. The summed E-state index contributed by atoms with van der Waals surface area (Å²) in [7, 11) is 0. The molecule has 0 unspecified atom stereocenters. The second-order valence-electron chi connectivity index (χ2n) is 3.00. The van der Waals surface area contributed by atoms with Gasteiger partial charge in [-0.1, -0.05) is 0 Å². The summed E-state index contributed by atoms with van der Waals surface area (Å²) in [6, 6.07) is 0. The predicted molar refractivity (Wildman–Crippen MR) is 36.9 cm³/mol. The van der Waals surface area contributed by atoms with E-state index in [-0.39, 0.29) is 18.3 Å². The zero-order valence-electron chi connectivity index (χ0n) is 6.46. The van der Waals surface area contributed by atoms with Crippen LogP contribution in [0, 0.1) is 0 Å². The topological polar surface area (TPSA) is 38.7 Å². The van der Waals surface area contributed by atoms with E-state index in [0.29, 0.717) is 13.2 Å². The van der Waals surface area contributed by atoms with Crippen molar-refractivity contribution >= 4 is 0 Å². The molecule has 0 bridgehead atoms. The number of hydrogen-bond donors (Lipinski definition) is 1. The molecule has 0 aromatic rings. The van der Waals surface area contributed by atoms with Crippen LogP contribution in [0.25, 0.3) is 0 Å². The van der Waals surface area contributed by atoms with Crippen LogP contribution in [0.15, 0.2) is 0 Å². The van der Waals surface area contributed by atoms with Gasteiger partial charge in [-0.15, -0.1) is 0 Å². The van der Waals surface area contributed by atoms with Crippen LogP contribution in [0.5, 0.6) is 0 Å². The minimum absolute atomic E-state index is 0.0607. The quantitative estimate of drug-likeness (QED) is 0.617. The first-order valence-corrected chi connectivity index (χ1v) is 3.55. The summed E-state index contributed by atoms with van der Waals surface area (Å²) in [6.07, 6.45) is 0.163. The molecule has 0 aliphatic carbocycles. The molecule has 0 atom stereocenters. The molecule has 10 heavy (non-hydrogen) atoms. The highest BCUT2D eigenvalue weighted by Crippen LogP contribution is 2.22. The van der Waals surface area contributed by atoms with Crippen molar-refractivity contribution in [3.05, 3.63) is 0 Å². The molecule has 3 nitrogen and oxygen atoms in total. The fraction of sp³-hybridized carbons (Fsp3) is 1.00. The Morgan fingerprint density at radius 2 is 2.20 bits per heavy atom. The van der Waals surface area contributed by atoms with Crippen molar-refractivity contribution in [2.75, 3.05) is 19.8 Å². The Hall–Kier alpha value is -0.120. The summed E-state index contributed by atoms with van der Waals surface area (Å²) in [6.45, 7) is 5.03. The van der Waals surface area contributed by atoms with Crippen LogP contribution in [-0.2, 0) is 9.47 Å². The third-order valence-corrected chi connectivity index (χ3v) is 1.50. The summed E-state index contributed by atoms with van der Waals surface area (Å²) in [5, 5.41) is 8.88. The highest BCUT2D eigenvalue weighted by Gasteiger charge is 2.39. The molecule has 3 heteroatoms. The van der Waals surface area contributed by atoms with E-state index in [1.807, 2.05) is 13.8 Å². The molecule has 1 saturated heterocycles. The van der Waals surface area contributed by atoms with Crippen molar-refractivity contribution in [3.8, 4) is 0 Å². The molecule has 0 aromatic carbocycles. The SMILES string of the molecule is CC(C)OC1(CO)COC1. The van der Waals surface area contributed by atoms with Gasteiger partial charge in [0, 0.05) is 0 Å². The molecule has 1 rings (SSSR count). The number of aliphatic hydroxyl groups excluding tert-OH is 1. The number of rotatable bonds is 3. The Kier molecular flexibility index (Phi) is 2.28. The van der Waals surface area contributed by atoms with Gasteiger partial charge < -0.3 is 14.6 Å². The van der Waals surface area contributed by atoms with Crippen LogP contribution in [0.3, 0.4) is 0 Å². The predicted octanol–water partition coefficient (Wildman–Crippen LogP) is 0.173. The Morgan fingerprint density at radius 1 is 1.60 bits per heavy atom. The van der Waals surface area contributed by atoms with Crippen LogP contribution in [0.2, 0.25) is 0 Å². The van der Waals surface area contributed by atoms with Crippen LogP contribution in [0.4, 0.5) is 0 Å². The van der Waals surface area contributed by atoms with Gasteiger partial charge in [-0.3, -0.25) is 0 Å². The highest BCUT2D eigenvalue weighted by molar-refractivity contribution is 4.87. The second kappa shape index (κ2) is 2.86. The summed E-state index contributed by atoms with van der Waals surface area (Å²) >= 11 is 0. The van der Waals surface area contributed by atoms with Crippen LogP contribution in [0.1, 0.15) is 13.8 Å². The first-order chi connectivity index (χ1) is 4.68. The Morgan fingerprint density at radius 3 is 2.30 bits per heavy atom. The van der Waals surface area contributed by atoms with E-state index in [4.69, 9.17) is 14.6 Å². The van der Waals surface area contributed by atoms with Gasteiger partial charge in [0.2, 0.25) is 0 Å². The van der Waals surface area contributed by atoms with Crippen molar-refractivity contribution in [2.24, 2.45) is 0 Å². The Balaban J connectivity index is 2.33. The lowest BCUT2D eigenvalue weighted by molar-refractivity contribution is -0.239. The lowest BCUT2D eigenvalue weighted by Gasteiger charge is -2.40. The maximum atomic E-state index is 8.88. The molecule has 60 valence electrons. The van der Waals surface area contributed by atoms with Gasteiger partial charge in [-0.25, -0.2) is 0 Å². The first-order valence-electron chi connectivity index (χ1n) is 3.55. The highest BCUT2D eigenvalue weighted by atomic mass is 16.6. The molecule has 0 amide bonds. The van der Waals surface area contributed by atoms with Crippen molar-refractivity contribution < 1.29 is 14.6 Å². The summed E-state index contributed by atoms with van der Waals surface area (Å²) in [5.74, 6) is 0. The molecule has 1 aliphatic rings. The van der Waals surface area contributed by atoms with E-state index in [1.54, 1.807) is 0 Å². The van der Waals surface area contributed by atoms with E-state index in [1.165, 1.54) is 0 Å². The van der Waals surface area contributed by atoms with Gasteiger partial charge in [0.05, 0.1) is 25.9 Å². The summed E-state index contributed by atoms with van der Waals surface area (Å²) in [5.41, 5.74) is -0.381. The third-order valence-electron chi connectivity index (χ3n) is 1.50. The molecule has 0 aromatic heterocycles. The second-order valence-corrected chi connectivity index (χ2v) is 3.00. The maximum absolute atomic E-state index is 8.88. The van der Waals surface area contributed by atoms with Crippen LogP contribution >= 0.6 is 0 Å². The Labute approximate surface area is 60.9 Å². The minimum Gasteiger partial charge on any atom is -0.393 e.